The fraction of sp³-hybridized carbons (Fsp3) is 0.778. The highest BCUT2D eigenvalue weighted by atomic mass is 15.0. The molecule has 2 aliphatic carbocycles. The van der Waals surface area contributed by atoms with Crippen molar-refractivity contribution in [1.29, 1.82) is 0 Å². The van der Waals surface area contributed by atoms with Crippen LogP contribution in [-0.4, -0.2) is 4.57 Å². The van der Waals surface area contributed by atoms with Gasteiger partial charge in [-0.15, -0.1) is 0 Å². The third-order valence-electron chi connectivity index (χ3n) is 5.45. The smallest absolute Gasteiger partial charge is 0.0338 e. The van der Waals surface area contributed by atoms with Crippen LogP contribution in [0, 0.1) is 10.8 Å². The summed E-state index contributed by atoms with van der Waals surface area (Å²) in [4.78, 5) is 0. The maximum atomic E-state index is 6.40. The first-order chi connectivity index (χ1) is 9.27. The molecule has 0 aromatic carbocycles. The maximum absolute atomic E-state index is 6.40. The van der Waals surface area contributed by atoms with Crippen LogP contribution in [0.3, 0.4) is 0 Å². The van der Waals surface area contributed by atoms with Gasteiger partial charge in [-0.2, -0.15) is 0 Å². The molecule has 0 bridgehead atoms. The molecule has 112 valence electrons. The summed E-state index contributed by atoms with van der Waals surface area (Å²) in [7, 11) is 0. The second kappa shape index (κ2) is 4.62. The first-order valence-electron chi connectivity index (χ1n) is 8.23. The lowest BCUT2D eigenvalue weighted by molar-refractivity contribution is 0.177. The highest BCUT2D eigenvalue weighted by Gasteiger charge is 2.35. The lowest BCUT2D eigenvalue weighted by atomic mass is 9.73. The molecule has 1 aromatic rings. The van der Waals surface area contributed by atoms with Crippen molar-refractivity contribution in [1.82, 2.24) is 4.57 Å². The van der Waals surface area contributed by atoms with Crippen molar-refractivity contribution in [3.05, 3.63) is 23.5 Å². The number of hydrogen-bond acceptors (Lipinski definition) is 1. The Balaban J connectivity index is 1.93. The Morgan fingerprint density at radius 2 is 1.90 bits per heavy atom. The molecule has 2 unspecified atom stereocenters. The number of nitrogens with two attached hydrogens (primary N) is 1. The normalized spacial score (nSPS) is 31.9. The molecule has 1 saturated carbocycles. The van der Waals surface area contributed by atoms with E-state index in [0.29, 0.717) is 16.9 Å². The van der Waals surface area contributed by atoms with E-state index in [1.54, 1.807) is 0 Å². The van der Waals surface area contributed by atoms with E-state index in [1.165, 1.54) is 43.4 Å². The molecule has 2 nitrogen and oxygen atoms in total. The molecule has 0 aliphatic heterocycles. The molecule has 0 radical (unpaired) electrons. The third-order valence-corrected chi connectivity index (χ3v) is 5.45. The van der Waals surface area contributed by atoms with Crippen LogP contribution in [-0.2, 0) is 6.42 Å². The molecule has 2 atom stereocenters. The lowest BCUT2D eigenvalue weighted by Crippen LogP contribution is -2.32. The highest BCUT2D eigenvalue weighted by molar-refractivity contribution is 5.30. The molecule has 1 aromatic heterocycles. The summed E-state index contributed by atoms with van der Waals surface area (Å²) in [5.74, 6) is 0. The zero-order valence-electron chi connectivity index (χ0n) is 13.6. The Kier molecular flexibility index (Phi) is 3.28. The Morgan fingerprint density at radius 1 is 1.15 bits per heavy atom. The Morgan fingerprint density at radius 3 is 2.60 bits per heavy atom. The van der Waals surface area contributed by atoms with Crippen molar-refractivity contribution in [3.8, 4) is 0 Å². The molecule has 1 heterocycles. The molecule has 0 spiro atoms. The van der Waals surface area contributed by atoms with Gasteiger partial charge in [0.1, 0.15) is 0 Å². The molecule has 2 aliphatic rings. The largest absolute Gasteiger partial charge is 0.348 e. The minimum Gasteiger partial charge on any atom is -0.348 e. The number of aromatic nitrogens is 1. The fourth-order valence-corrected chi connectivity index (χ4v) is 4.50. The minimum absolute atomic E-state index is 0.228. The van der Waals surface area contributed by atoms with Crippen molar-refractivity contribution in [3.63, 3.8) is 0 Å². The van der Waals surface area contributed by atoms with Gasteiger partial charge in [0.05, 0.1) is 0 Å². The average molecular weight is 274 g/mol. The van der Waals surface area contributed by atoms with Gasteiger partial charge in [0.25, 0.3) is 0 Å². The Hall–Kier alpha value is -0.760. The minimum atomic E-state index is 0.228. The standard InChI is InChI=1S/C18H30N2/c1-17(2)8-5-6-13(10-17)20-9-7-14-15(19)11-18(3,4)12-16(14)20/h7,9,13,15H,5-6,8,10-12,19H2,1-4H3. The number of hydrogen-bond donors (Lipinski definition) is 1. The summed E-state index contributed by atoms with van der Waals surface area (Å²) >= 11 is 0. The van der Waals surface area contributed by atoms with Gasteiger partial charge < -0.3 is 10.3 Å². The summed E-state index contributed by atoms with van der Waals surface area (Å²) in [5, 5.41) is 0. The van der Waals surface area contributed by atoms with Gasteiger partial charge in [0, 0.05) is 24.0 Å². The van der Waals surface area contributed by atoms with Crippen molar-refractivity contribution in [2.24, 2.45) is 16.6 Å². The van der Waals surface area contributed by atoms with Gasteiger partial charge in [-0.1, -0.05) is 34.1 Å². The van der Waals surface area contributed by atoms with Crippen molar-refractivity contribution < 1.29 is 0 Å². The molecule has 2 heteroatoms. The van der Waals surface area contributed by atoms with Crippen molar-refractivity contribution in [2.45, 2.75) is 78.3 Å². The molecular formula is C18H30N2. The number of fused-ring (bicyclic) bond motifs is 1. The van der Waals surface area contributed by atoms with Gasteiger partial charge in [0.2, 0.25) is 0 Å². The topological polar surface area (TPSA) is 30.9 Å². The predicted octanol–water partition coefficient (Wildman–Crippen LogP) is 4.60. The third kappa shape index (κ3) is 2.55. The van der Waals surface area contributed by atoms with Gasteiger partial charge in [-0.05, 0) is 54.6 Å². The number of rotatable bonds is 1. The van der Waals surface area contributed by atoms with E-state index in [1.807, 2.05) is 0 Å². The van der Waals surface area contributed by atoms with E-state index in [2.05, 4.69) is 44.5 Å². The lowest BCUT2D eigenvalue weighted by Gasteiger charge is -2.39. The molecule has 2 N–H and O–H groups in total. The quantitative estimate of drug-likeness (QED) is 0.797. The van der Waals surface area contributed by atoms with Crippen LogP contribution in [0.1, 0.15) is 83.1 Å². The SMILES string of the molecule is CC1(C)Cc2c(ccn2C2CCCC(C)(C)C2)C(N)C1. The fourth-order valence-electron chi connectivity index (χ4n) is 4.50. The summed E-state index contributed by atoms with van der Waals surface area (Å²) < 4.78 is 2.58. The molecule has 0 saturated heterocycles. The molecule has 1 fully saturated rings. The monoisotopic (exact) mass is 274 g/mol. The molecule has 3 rings (SSSR count). The first kappa shape index (κ1) is 14.2. The maximum Gasteiger partial charge on any atom is 0.0338 e. The molecular weight excluding hydrogens is 244 g/mol. The van der Waals surface area contributed by atoms with Crippen molar-refractivity contribution in [2.75, 3.05) is 0 Å². The highest BCUT2D eigenvalue weighted by Crippen LogP contribution is 2.45. The van der Waals surface area contributed by atoms with Crippen LogP contribution in [0.25, 0.3) is 0 Å². The van der Waals surface area contributed by atoms with Crippen LogP contribution in [0.2, 0.25) is 0 Å². The second-order valence-electron chi connectivity index (χ2n) is 8.69. The molecule has 0 amide bonds. The Labute approximate surface area is 123 Å². The van der Waals surface area contributed by atoms with Crippen molar-refractivity contribution >= 4 is 0 Å². The van der Waals surface area contributed by atoms with E-state index < -0.39 is 0 Å². The second-order valence-corrected chi connectivity index (χ2v) is 8.69. The Bertz CT molecular complexity index is 496. The van der Waals surface area contributed by atoms with Crippen LogP contribution in [0.5, 0.6) is 0 Å². The number of nitrogens with zero attached hydrogens (tertiary/aromatic N) is 1. The van der Waals surface area contributed by atoms with Gasteiger partial charge >= 0.3 is 0 Å². The van der Waals surface area contributed by atoms with E-state index in [-0.39, 0.29) is 6.04 Å². The van der Waals surface area contributed by atoms with E-state index in [0.717, 1.165) is 6.42 Å². The van der Waals surface area contributed by atoms with Crippen LogP contribution in [0.15, 0.2) is 12.3 Å². The van der Waals surface area contributed by atoms with Crippen LogP contribution < -0.4 is 5.73 Å². The molecule has 20 heavy (non-hydrogen) atoms. The van der Waals surface area contributed by atoms with Crippen LogP contribution in [0.4, 0.5) is 0 Å². The summed E-state index contributed by atoms with van der Waals surface area (Å²) in [6, 6.07) is 3.20. The zero-order chi connectivity index (χ0) is 14.5. The van der Waals surface area contributed by atoms with Gasteiger partial charge in [0.15, 0.2) is 0 Å². The first-order valence-corrected chi connectivity index (χ1v) is 8.23. The van der Waals surface area contributed by atoms with Crippen LogP contribution >= 0.6 is 0 Å². The van der Waals surface area contributed by atoms with E-state index >= 15 is 0 Å². The van der Waals surface area contributed by atoms with Gasteiger partial charge in [-0.3, -0.25) is 0 Å². The summed E-state index contributed by atoms with van der Waals surface area (Å²) in [5.41, 5.74) is 10.2. The predicted molar refractivity (Wildman–Crippen MR) is 84.7 cm³/mol. The summed E-state index contributed by atoms with van der Waals surface area (Å²) in [6.07, 6.45) is 9.99. The van der Waals surface area contributed by atoms with Gasteiger partial charge in [-0.25, -0.2) is 0 Å². The zero-order valence-corrected chi connectivity index (χ0v) is 13.6. The van der Waals surface area contributed by atoms with E-state index in [4.69, 9.17) is 5.73 Å². The van der Waals surface area contributed by atoms with E-state index in [9.17, 15) is 0 Å². The average Bonchev–Trinajstić information content (AvgIpc) is 2.69. The summed E-state index contributed by atoms with van der Waals surface area (Å²) in [6.45, 7) is 9.56.